The van der Waals surface area contributed by atoms with Gasteiger partial charge < -0.3 is 5.32 Å². The number of nitrogens with one attached hydrogen (secondary N) is 1. The van der Waals surface area contributed by atoms with Gasteiger partial charge in [-0.25, -0.2) is 4.39 Å². The number of rotatable bonds is 2. The highest BCUT2D eigenvalue weighted by atomic mass is 79.9. The van der Waals surface area contributed by atoms with Crippen LogP contribution in [0.5, 0.6) is 0 Å². The molecular weight excluding hydrogens is 305 g/mol. The second-order valence-electron chi connectivity index (χ2n) is 6.64. The zero-order valence-corrected chi connectivity index (χ0v) is 13.6. The van der Waals surface area contributed by atoms with Gasteiger partial charge in [0, 0.05) is 11.7 Å². The van der Waals surface area contributed by atoms with Crippen molar-refractivity contribution in [3.05, 3.63) is 28.5 Å². The SMILES string of the molecule is CC(C)(C)C1CCCCC1Nc1ccc(Br)c(F)c1. The van der Waals surface area contributed by atoms with Crippen LogP contribution in [0.25, 0.3) is 0 Å². The molecule has 0 spiro atoms. The summed E-state index contributed by atoms with van der Waals surface area (Å²) in [5.74, 6) is 0.445. The molecule has 3 heteroatoms. The quantitative estimate of drug-likeness (QED) is 0.744. The Hall–Kier alpha value is -0.570. The minimum atomic E-state index is -0.201. The van der Waals surface area contributed by atoms with Crippen molar-refractivity contribution in [1.82, 2.24) is 0 Å². The minimum absolute atomic E-state index is 0.201. The molecular formula is C16H23BrFN. The molecule has 106 valence electrons. The van der Waals surface area contributed by atoms with Crippen LogP contribution in [0, 0.1) is 17.2 Å². The number of hydrogen-bond donors (Lipinski definition) is 1. The molecule has 2 rings (SSSR count). The highest BCUT2D eigenvalue weighted by molar-refractivity contribution is 9.10. The zero-order valence-electron chi connectivity index (χ0n) is 12.0. The first-order chi connectivity index (χ1) is 8.88. The van der Waals surface area contributed by atoms with Gasteiger partial charge in [-0.2, -0.15) is 0 Å². The van der Waals surface area contributed by atoms with E-state index in [1.165, 1.54) is 25.7 Å². The third kappa shape index (κ3) is 3.71. The van der Waals surface area contributed by atoms with E-state index in [-0.39, 0.29) is 5.82 Å². The molecule has 1 fully saturated rings. The van der Waals surface area contributed by atoms with E-state index in [1.54, 1.807) is 12.1 Å². The Bertz CT molecular complexity index is 439. The van der Waals surface area contributed by atoms with Gasteiger partial charge in [0.1, 0.15) is 5.82 Å². The van der Waals surface area contributed by atoms with Gasteiger partial charge in [0.15, 0.2) is 0 Å². The van der Waals surface area contributed by atoms with Gasteiger partial charge in [0.2, 0.25) is 0 Å². The number of hydrogen-bond acceptors (Lipinski definition) is 1. The molecule has 1 aliphatic carbocycles. The predicted molar refractivity (Wildman–Crippen MR) is 82.9 cm³/mol. The molecule has 1 nitrogen and oxygen atoms in total. The van der Waals surface area contributed by atoms with E-state index >= 15 is 0 Å². The number of anilines is 1. The molecule has 0 saturated heterocycles. The lowest BCUT2D eigenvalue weighted by Crippen LogP contribution is -2.39. The van der Waals surface area contributed by atoms with Crippen molar-refractivity contribution in [2.75, 3.05) is 5.32 Å². The molecule has 0 heterocycles. The molecule has 1 aliphatic rings. The lowest BCUT2D eigenvalue weighted by molar-refractivity contribution is 0.163. The summed E-state index contributed by atoms with van der Waals surface area (Å²) in [6.07, 6.45) is 5.03. The van der Waals surface area contributed by atoms with Gasteiger partial charge in [0.05, 0.1) is 4.47 Å². The zero-order chi connectivity index (χ0) is 14.0. The van der Waals surface area contributed by atoms with E-state index in [9.17, 15) is 4.39 Å². The van der Waals surface area contributed by atoms with Crippen molar-refractivity contribution in [1.29, 1.82) is 0 Å². The third-order valence-electron chi connectivity index (χ3n) is 4.15. The van der Waals surface area contributed by atoms with Crippen LogP contribution in [-0.2, 0) is 0 Å². The molecule has 19 heavy (non-hydrogen) atoms. The average Bonchev–Trinajstić information content (AvgIpc) is 2.33. The maximum absolute atomic E-state index is 13.6. The van der Waals surface area contributed by atoms with Gasteiger partial charge in [-0.15, -0.1) is 0 Å². The molecule has 0 aromatic heterocycles. The van der Waals surface area contributed by atoms with Crippen molar-refractivity contribution in [2.24, 2.45) is 11.3 Å². The van der Waals surface area contributed by atoms with Gasteiger partial charge in [-0.05, 0) is 58.3 Å². The predicted octanol–water partition coefficient (Wildman–Crippen LogP) is 5.61. The standard InChI is InChI=1S/C16H23BrFN/c1-16(2,3)12-6-4-5-7-15(12)19-11-8-9-13(17)14(18)10-11/h8-10,12,15,19H,4-7H2,1-3H3. The fraction of sp³-hybridized carbons (Fsp3) is 0.625. The summed E-state index contributed by atoms with van der Waals surface area (Å²) in [6.45, 7) is 6.92. The summed E-state index contributed by atoms with van der Waals surface area (Å²) in [7, 11) is 0. The average molecular weight is 328 g/mol. The Balaban J connectivity index is 2.13. The van der Waals surface area contributed by atoms with Crippen molar-refractivity contribution in [3.63, 3.8) is 0 Å². The Labute approximate surface area is 124 Å². The molecule has 0 radical (unpaired) electrons. The van der Waals surface area contributed by atoms with Crippen molar-refractivity contribution >= 4 is 21.6 Å². The summed E-state index contributed by atoms with van der Waals surface area (Å²) < 4.78 is 14.1. The molecule has 2 unspecified atom stereocenters. The number of halogens is 2. The molecule has 0 bridgehead atoms. The third-order valence-corrected chi connectivity index (χ3v) is 4.79. The van der Waals surface area contributed by atoms with Crippen molar-refractivity contribution < 1.29 is 4.39 Å². The van der Waals surface area contributed by atoms with Gasteiger partial charge in [0.25, 0.3) is 0 Å². The van der Waals surface area contributed by atoms with E-state index in [1.807, 2.05) is 6.07 Å². The maximum Gasteiger partial charge on any atom is 0.139 e. The molecule has 1 N–H and O–H groups in total. The second-order valence-corrected chi connectivity index (χ2v) is 7.49. The smallest absolute Gasteiger partial charge is 0.139 e. The molecule has 0 aliphatic heterocycles. The van der Waals surface area contributed by atoms with Crippen molar-refractivity contribution in [3.8, 4) is 0 Å². The monoisotopic (exact) mass is 327 g/mol. The Morgan fingerprint density at radius 2 is 1.89 bits per heavy atom. The fourth-order valence-corrected chi connectivity index (χ4v) is 3.39. The van der Waals surface area contributed by atoms with Crippen LogP contribution in [-0.4, -0.2) is 6.04 Å². The topological polar surface area (TPSA) is 12.0 Å². The lowest BCUT2D eigenvalue weighted by Gasteiger charge is -2.41. The Morgan fingerprint density at radius 3 is 2.53 bits per heavy atom. The first-order valence-electron chi connectivity index (χ1n) is 7.09. The van der Waals surface area contributed by atoms with E-state index in [4.69, 9.17) is 0 Å². The molecule has 0 amide bonds. The van der Waals surface area contributed by atoms with Crippen LogP contribution >= 0.6 is 15.9 Å². The van der Waals surface area contributed by atoms with Crippen LogP contribution < -0.4 is 5.32 Å². The minimum Gasteiger partial charge on any atom is -0.382 e. The molecule has 1 aromatic carbocycles. The van der Waals surface area contributed by atoms with E-state index in [2.05, 4.69) is 42.0 Å². The van der Waals surface area contributed by atoms with E-state index in [0.29, 0.717) is 21.8 Å². The molecule has 1 aromatic rings. The Kier molecular flexibility index (Phi) is 4.54. The van der Waals surface area contributed by atoms with Gasteiger partial charge in [-0.1, -0.05) is 33.6 Å². The number of benzene rings is 1. The van der Waals surface area contributed by atoms with Crippen LogP contribution in [0.4, 0.5) is 10.1 Å². The van der Waals surface area contributed by atoms with Gasteiger partial charge >= 0.3 is 0 Å². The molecule has 1 saturated carbocycles. The van der Waals surface area contributed by atoms with E-state index in [0.717, 1.165) is 5.69 Å². The fourth-order valence-electron chi connectivity index (χ4n) is 3.14. The van der Waals surface area contributed by atoms with Crippen molar-refractivity contribution in [2.45, 2.75) is 52.5 Å². The maximum atomic E-state index is 13.6. The highest BCUT2D eigenvalue weighted by Gasteiger charge is 2.34. The first-order valence-corrected chi connectivity index (χ1v) is 7.89. The van der Waals surface area contributed by atoms with Crippen LogP contribution in [0.1, 0.15) is 46.5 Å². The summed E-state index contributed by atoms with van der Waals surface area (Å²) in [4.78, 5) is 0. The van der Waals surface area contributed by atoms with Gasteiger partial charge in [-0.3, -0.25) is 0 Å². The Morgan fingerprint density at radius 1 is 1.21 bits per heavy atom. The summed E-state index contributed by atoms with van der Waals surface area (Å²) in [6, 6.07) is 5.75. The lowest BCUT2D eigenvalue weighted by atomic mass is 9.69. The summed E-state index contributed by atoms with van der Waals surface area (Å²) in [5, 5.41) is 3.54. The normalized spacial score (nSPS) is 24.3. The molecule has 2 atom stereocenters. The van der Waals surface area contributed by atoms with Crippen LogP contribution in [0.2, 0.25) is 0 Å². The summed E-state index contributed by atoms with van der Waals surface area (Å²) in [5.41, 5.74) is 1.19. The van der Waals surface area contributed by atoms with Crippen LogP contribution in [0.15, 0.2) is 22.7 Å². The van der Waals surface area contributed by atoms with E-state index < -0.39 is 0 Å². The highest BCUT2D eigenvalue weighted by Crippen LogP contribution is 2.39. The largest absolute Gasteiger partial charge is 0.382 e. The second kappa shape index (κ2) is 5.82. The first kappa shape index (κ1) is 14.8. The van der Waals surface area contributed by atoms with Crippen LogP contribution in [0.3, 0.4) is 0 Å². The summed E-state index contributed by atoms with van der Waals surface area (Å²) >= 11 is 3.20.